The monoisotopic (exact) mass is 394 g/mol. The fraction of sp³-hybridized carbons (Fsp3) is 0.133. The number of halogens is 2. The molecule has 1 aromatic heterocycles. The van der Waals surface area contributed by atoms with Crippen LogP contribution >= 0.6 is 27.5 Å². The normalized spacial score (nSPS) is 10.7. The standard InChI is InChI=1S/C15H12BrClN4O2/c1-9-6-10(16)2-4-12(9)18-15(22)8-23-21-14-7-11(17)3-5-13(14)19-20-21/h2-7H,8H2,1H3,(H,18,22). The van der Waals surface area contributed by atoms with Gasteiger partial charge in [-0.1, -0.05) is 32.4 Å². The Kier molecular flexibility index (Phi) is 4.49. The van der Waals surface area contributed by atoms with Crippen LogP contribution in [0.15, 0.2) is 40.9 Å². The van der Waals surface area contributed by atoms with Crippen molar-refractivity contribution in [2.24, 2.45) is 0 Å². The van der Waals surface area contributed by atoms with E-state index in [1.807, 2.05) is 25.1 Å². The summed E-state index contributed by atoms with van der Waals surface area (Å²) in [4.78, 5) is 18.6. The third-order valence-electron chi connectivity index (χ3n) is 3.16. The zero-order valence-electron chi connectivity index (χ0n) is 12.1. The summed E-state index contributed by atoms with van der Waals surface area (Å²) in [6.45, 7) is 1.72. The Morgan fingerprint density at radius 2 is 2.17 bits per heavy atom. The molecule has 2 aromatic carbocycles. The van der Waals surface area contributed by atoms with Crippen molar-refractivity contribution in [3.05, 3.63) is 51.5 Å². The minimum absolute atomic E-state index is 0.194. The first-order valence-corrected chi connectivity index (χ1v) is 7.90. The van der Waals surface area contributed by atoms with Gasteiger partial charge in [0.05, 0.1) is 0 Å². The number of carbonyl (C=O) groups is 1. The second kappa shape index (κ2) is 6.55. The Bertz CT molecular complexity index is 881. The Labute approximate surface area is 145 Å². The summed E-state index contributed by atoms with van der Waals surface area (Å²) in [7, 11) is 0. The third kappa shape index (κ3) is 3.62. The number of benzene rings is 2. The Morgan fingerprint density at radius 3 is 2.96 bits per heavy atom. The second-order valence-corrected chi connectivity index (χ2v) is 6.23. The topological polar surface area (TPSA) is 69.0 Å². The number of anilines is 1. The predicted molar refractivity (Wildman–Crippen MR) is 91.5 cm³/mol. The minimum atomic E-state index is -0.291. The number of aromatic nitrogens is 3. The molecule has 0 aliphatic rings. The average molecular weight is 396 g/mol. The van der Waals surface area contributed by atoms with Crippen LogP contribution in [0.2, 0.25) is 5.02 Å². The molecule has 3 rings (SSSR count). The van der Waals surface area contributed by atoms with Crippen LogP contribution in [0.1, 0.15) is 5.56 Å². The van der Waals surface area contributed by atoms with Crippen LogP contribution in [0.4, 0.5) is 5.69 Å². The van der Waals surface area contributed by atoms with Crippen LogP contribution < -0.4 is 10.2 Å². The van der Waals surface area contributed by atoms with Gasteiger partial charge in [0.2, 0.25) is 0 Å². The van der Waals surface area contributed by atoms with Crippen molar-refractivity contribution in [1.82, 2.24) is 15.2 Å². The van der Waals surface area contributed by atoms with Crippen molar-refractivity contribution >= 4 is 50.2 Å². The summed E-state index contributed by atoms with van der Waals surface area (Å²) in [5.41, 5.74) is 2.92. The third-order valence-corrected chi connectivity index (χ3v) is 3.89. The lowest BCUT2D eigenvalue weighted by molar-refractivity contribution is -0.121. The fourth-order valence-corrected chi connectivity index (χ4v) is 2.68. The van der Waals surface area contributed by atoms with Crippen LogP contribution in [0, 0.1) is 6.92 Å². The van der Waals surface area contributed by atoms with E-state index >= 15 is 0 Å². The Hall–Kier alpha value is -2.12. The van der Waals surface area contributed by atoms with E-state index < -0.39 is 0 Å². The summed E-state index contributed by atoms with van der Waals surface area (Å²) in [5, 5.41) is 11.1. The number of nitrogens with one attached hydrogen (secondary N) is 1. The molecule has 0 aliphatic carbocycles. The molecule has 0 spiro atoms. The maximum Gasteiger partial charge on any atom is 0.265 e. The van der Waals surface area contributed by atoms with Crippen molar-refractivity contribution in [3.8, 4) is 0 Å². The van der Waals surface area contributed by atoms with Gasteiger partial charge in [0.25, 0.3) is 5.91 Å². The molecule has 0 atom stereocenters. The van der Waals surface area contributed by atoms with E-state index in [1.165, 1.54) is 4.85 Å². The van der Waals surface area contributed by atoms with Gasteiger partial charge in [-0.15, -0.1) is 5.10 Å². The van der Waals surface area contributed by atoms with E-state index in [1.54, 1.807) is 18.2 Å². The summed E-state index contributed by atoms with van der Waals surface area (Å²) in [6, 6.07) is 10.7. The first kappa shape index (κ1) is 15.8. The molecule has 118 valence electrons. The number of hydrogen-bond donors (Lipinski definition) is 1. The second-order valence-electron chi connectivity index (χ2n) is 4.88. The molecule has 1 heterocycles. The van der Waals surface area contributed by atoms with E-state index in [9.17, 15) is 4.79 Å². The van der Waals surface area contributed by atoms with Crippen LogP contribution in [-0.2, 0) is 4.79 Å². The zero-order chi connectivity index (χ0) is 16.4. The molecule has 1 N–H and O–H groups in total. The molecule has 6 nitrogen and oxygen atoms in total. The molecule has 0 unspecified atom stereocenters. The number of hydrogen-bond acceptors (Lipinski definition) is 4. The van der Waals surface area contributed by atoms with Gasteiger partial charge in [0.1, 0.15) is 11.0 Å². The van der Waals surface area contributed by atoms with Gasteiger partial charge in [-0.3, -0.25) is 4.79 Å². The highest BCUT2D eigenvalue weighted by Gasteiger charge is 2.10. The van der Waals surface area contributed by atoms with Crippen LogP contribution in [0.3, 0.4) is 0 Å². The van der Waals surface area contributed by atoms with Gasteiger partial charge < -0.3 is 10.2 Å². The van der Waals surface area contributed by atoms with Gasteiger partial charge in [0.15, 0.2) is 6.61 Å². The lowest BCUT2D eigenvalue weighted by atomic mass is 10.2. The molecule has 0 bridgehead atoms. The van der Waals surface area contributed by atoms with Gasteiger partial charge >= 0.3 is 0 Å². The van der Waals surface area contributed by atoms with Gasteiger partial charge in [-0.2, -0.15) is 0 Å². The Morgan fingerprint density at radius 1 is 1.35 bits per heavy atom. The number of fused-ring (bicyclic) bond motifs is 1. The first-order valence-electron chi connectivity index (χ1n) is 6.73. The summed E-state index contributed by atoms with van der Waals surface area (Å²) in [5.74, 6) is -0.291. The van der Waals surface area contributed by atoms with Crippen molar-refractivity contribution in [2.75, 3.05) is 11.9 Å². The van der Waals surface area contributed by atoms with E-state index in [0.717, 1.165) is 15.7 Å². The number of carbonyl (C=O) groups excluding carboxylic acids is 1. The zero-order valence-corrected chi connectivity index (χ0v) is 14.4. The van der Waals surface area contributed by atoms with E-state index in [4.69, 9.17) is 16.4 Å². The predicted octanol–water partition coefficient (Wildman–Crippen LogP) is 3.22. The quantitative estimate of drug-likeness (QED) is 0.736. The lowest BCUT2D eigenvalue weighted by Gasteiger charge is -2.09. The smallest absolute Gasteiger partial charge is 0.265 e. The van der Waals surface area contributed by atoms with Gasteiger partial charge in [-0.05, 0) is 54.1 Å². The first-order chi connectivity index (χ1) is 11.0. The summed E-state index contributed by atoms with van der Waals surface area (Å²) < 4.78 is 0.954. The van der Waals surface area contributed by atoms with E-state index in [-0.39, 0.29) is 12.5 Å². The van der Waals surface area contributed by atoms with Crippen molar-refractivity contribution < 1.29 is 9.63 Å². The molecule has 0 aliphatic heterocycles. The molecule has 1 amide bonds. The number of nitrogens with zero attached hydrogens (tertiary/aromatic N) is 3. The van der Waals surface area contributed by atoms with Gasteiger partial charge in [-0.25, -0.2) is 0 Å². The molecular formula is C15H12BrClN4O2. The molecule has 8 heteroatoms. The van der Waals surface area contributed by atoms with Crippen molar-refractivity contribution in [3.63, 3.8) is 0 Å². The fourth-order valence-electron chi connectivity index (χ4n) is 2.04. The van der Waals surface area contributed by atoms with Crippen molar-refractivity contribution in [2.45, 2.75) is 6.92 Å². The minimum Gasteiger partial charge on any atom is -0.385 e. The highest BCUT2D eigenvalue weighted by molar-refractivity contribution is 9.10. The van der Waals surface area contributed by atoms with E-state index in [2.05, 4.69) is 31.6 Å². The molecule has 0 saturated heterocycles. The highest BCUT2D eigenvalue weighted by Crippen LogP contribution is 2.20. The maximum absolute atomic E-state index is 12.0. The average Bonchev–Trinajstić information content (AvgIpc) is 2.90. The number of rotatable bonds is 4. The van der Waals surface area contributed by atoms with E-state index in [0.29, 0.717) is 16.1 Å². The molecule has 23 heavy (non-hydrogen) atoms. The van der Waals surface area contributed by atoms with Crippen LogP contribution in [-0.4, -0.2) is 27.7 Å². The summed E-state index contributed by atoms with van der Waals surface area (Å²) >= 11 is 9.32. The number of amides is 1. The van der Waals surface area contributed by atoms with Crippen molar-refractivity contribution in [1.29, 1.82) is 0 Å². The molecule has 0 saturated carbocycles. The molecule has 0 fully saturated rings. The summed E-state index contributed by atoms with van der Waals surface area (Å²) in [6.07, 6.45) is 0. The molecular weight excluding hydrogens is 384 g/mol. The molecule has 3 aromatic rings. The highest BCUT2D eigenvalue weighted by atomic mass is 79.9. The molecule has 0 radical (unpaired) electrons. The van der Waals surface area contributed by atoms with Crippen LogP contribution in [0.5, 0.6) is 0 Å². The number of aryl methyl sites for hydroxylation is 1. The lowest BCUT2D eigenvalue weighted by Crippen LogP contribution is -2.26. The SMILES string of the molecule is Cc1cc(Br)ccc1NC(=O)COn1nnc2ccc(Cl)cc21. The van der Waals surface area contributed by atoms with Gasteiger partial charge in [0, 0.05) is 15.2 Å². The van der Waals surface area contributed by atoms with Crippen LogP contribution in [0.25, 0.3) is 11.0 Å². The maximum atomic E-state index is 12.0. The Balaban J connectivity index is 1.67. The largest absolute Gasteiger partial charge is 0.385 e.